The third kappa shape index (κ3) is 8.06. The number of unbranched alkanes of at least 4 members (excludes halogenated alkanes) is 3. The molecular formula is C22H32N2O4. The summed E-state index contributed by atoms with van der Waals surface area (Å²) in [5.74, 6) is -0.281. The Morgan fingerprint density at radius 2 is 0.929 bits per heavy atom. The minimum Gasteiger partial charge on any atom is -0.504 e. The molecule has 28 heavy (non-hydrogen) atoms. The lowest BCUT2D eigenvalue weighted by atomic mass is 10.1. The van der Waals surface area contributed by atoms with Gasteiger partial charge in [-0.3, -0.25) is 0 Å². The minimum atomic E-state index is -0.0779. The number of hydrogen-bond donors (Lipinski definition) is 6. The first-order valence-corrected chi connectivity index (χ1v) is 9.99. The molecule has 0 spiro atoms. The van der Waals surface area contributed by atoms with Crippen molar-refractivity contribution in [1.29, 1.82) is 0 Å². The summed E-state index contributed by atoms with van der Waals surface area (Å²) in [7, 11) is 0. The maximum Gasteiger partial charge on any atom is 0.157 e. The first-order valence-electron chi connectivity index (χ1n) is 9.99. The zero-order valence-electron chi connectivity index (χ0n) is 16.3. The fourth-order valence-electron chi connectivity index (χ4n) is 3.02. The molecule has 2 aromatic rings. The van der Waals surface area contributed by atoms with Crippen LogP contribution in [0.15, 0.2) is 36.4 Å². The van der Waals surface area contributed by atoms with Crippen molar-refractivity contribution in [2.24, 2.45) is 0 Å². The first kappa shape index (κ1) is 21.9. The van der Waals surface area contributed by atoms with E-state index in [1.54, 1.807) is 12.1 Å². The Morgan fingerprint density at radius 1 is 0.500 bits per heavy atom. The van der Waals surface area contributed by atoms with Crippen LogP contribution in [0.25, 0.3) is 0 Å². The molecule has 6 heteroatoms. The Hall–Kier alpha value is -2.44. The summed E-state index contributed by atoms with van der Waals surface area (Å²) in [5, 5.41) is 44.3. The normalized spacial score (nSPS) is 11.0. The molecule has 0 atom stereocenters. The second-order valence-electron chi connectivity index (χ2n) is 7.06. The SMILES string of the molecule is Oc1ccc(CCNCCCCCCNCCc2ccc(O)c(O)c2)cc1O. The summed E-state index contributed by atoms with van der Waals surface area (Å²) >= 11 is 0. The van der Waals surface area contributed by atoms with Gasteiger partial charge in [0.1, 0.15) is 0 Å². The lowest BCUT2D eigenvalue weighted by Gasteiger charge is -2.07. The fraction of sp³-hybridized carbons (Fsp3) is 0.455. The van der Waals surface area contributed by atoms with E-state index in [1.807, 2.05) is 12.1 Å². The van der Waals surface area contributed by atoms with Crippen LogP contribution in [0, 0.1) is 0 Å². The van der Waals surface area contributed by atoms with E-state index in [9.17, 15) is 20.4 Å². The molecule has 0 aliphatic rings. The number of benzene rings is 2. The molecule has 0 saturated carbocycles. The standard InChI is InChI=1S/C22H32N2O4/c25-19-7-5-17(15-21(19)27)9-13-23-11-3-1-2-4-12-24-14-10-18-6-8-20(26)22(28)16-18/h5-8,15-16,23-28H,1-4,9-14H2. The highest BCUT2D eigenvalue weighted by Gasteiger charge is 2.01. The van der Waals surface area contributed by atoms with Crippen molar-refractivity contribution in [3.05, 3.63) is 47.5 Å². The Kier molecular flexibility index (Phi) is 9.45. The van der Waals surface area contributed by atoms with Gasteiger partial charge in [-0.25, -0.2) is 0 Å². The summed E-state index contributed by atoms with van der Waals surface area (Å²) in [4.78, 5) is 0. The summed E-state index contributed by atoms with van der Waals surface area (Å²) < 4.78 is 0. The van der Waals surface area contributed by atoms with E-state index >= 15 is 0 Å². The van der Waals surface area contributed by atoms with Crippen LogP contribution in [0.4, 0.5) is 0 Å². The second kappa shape index (κ2) is 12.1. The Morgan fingerprint density at radius 3 is 1.32 bits per heavy atom. The number of aromatic hydroxyl groups is 4. The average molecular weight is 389 g/mol. The molecule has 0 saturated heterocycles. The zero-order chi connectivity index (χ0) is 20.2. The Balaban J connectivity index is 1.39. The van der Waals surface area contributed by atoms with Crippen LogP contribution in [0.3, 0.4) is 0 Å². The van der Waals surface area contributed by atoms with Crippen molar-refractivity contribution in [1.82, 2.24) is 10.6 Å². The predicted molar refractivity (Wildman–Crippen MR) is 111 cm³/mol. The fourth-order valence-corrected chi connectivity index (χ4v) is 3.02. The molecule has 0 heterocycles. The average Bonchev–Trinajstić information content (AvgIpc) is 2.68. The van der Waals surface area contributed by atoms with E-state index in [1.165, 1.54) is 25.0 Å². The van der Waals surface area contributed by atoms with E-state index in [0.29, 0.717) is 0 Å². The largest absolute Gasteiger partial charge is 0.504 e. The van der Waals surface area contributed by atoms with Crippen LogP contribution in [0.2, 0.25) is 0 Å². The third-order valence-corrected chi connectivity index (χ3v) is 4.72. The molecule has 0 aliphatic carbocycles. The molecule has 6 nitrogen and oxygen atoms in total. The van der Waals surface area contributed by atoms with Crippen molar-refractivity contribution in [3.8, 4) is 23.0 Å². The monoisotopic (exact) mass is 388 g/mol. The van der Waals surface area contributed by atoms with Crippen molar-refractivity contribution in [2.45, 2.75) is 38.5 Å². The third-order valence-electron chi connectivity index (χ3n) is 4.72. The molecule has 154 valence electrons. The summed E-state index contributed by atoms with van der Waals surface area (Å²) in [6.07, 6.45) is 6.34. The number of rotatable bonds is 13. The highest BCUT2D eigenvalue weighted by molar-refractivity contribution is 5.41. The molecular weight excluding hydrogens is 356 g/mol. The van der Waals surface area contributed by atoms with E-state index in [2.05, 4.69) is 10.6 Å². The van der Waals surface area contributed by atoms with Gasteiger partial charge in [0.15, 0.2) is 23.0 Å². The van der Waals surface area contributed by atoms with Gasteiger partial charge in [-0.05, 0) is 87.3 Å². The Bertz CT molecular complexity index is 660. The Labute approximate surface area is 166 Å². The van der Waals surface area contributed by atoms with Crippen LogP contribution < -0.4 is 10.6 Å². The van der Waals surface area contributed by atoms with E-state index in [4.69, 9.17) is 0 Å². The zero-order valence-corrected chi connectivity index (χ0v) is 16.3. The van der Waals surface area contributed by atoms with Crippen LogP contribution in [-0.2, 0) is 12.8 Å². The second-order valence-corrected chi connectivity index (χ2v) is 7.06. The first-order chi connectivity index (χ1) is 13.6. The lowest BCUT2D eigenvalue weighted by Crippen LogP contribution is -2.19. The van der Waals surface area contributed by atoms with Crippen molar-refractivity contribution < 1.29 is 20.4 Å². The molecule has 0 bridgehead atoms. The smallest absolute Gasteiger partial charge is 0.157 e. The van der Waals surface area contributed by atoms with Gasteiger partial charge in [-0.1, -0.05) is 25.0 Å². The molecule has 6 N–H and O–H groups in total. The van der Waals surface area contributed by atoms with Gasteiger partial charge in [0.05, 0.1) is 0 Å². The van der Waals surface area contributed by atoms with Gasteiger partial charge in [0.25, 0.3) is 0 Å². The van der Waals surface area contributed by atoms with E-state index in [-0.39, 0.29) is 23.0 Å². The molecule has 0 amide bonds. The molecule has 0 fully saturated rings. The van der Waals surface area contributed by atoms with Crippen LogP contribution in [0.1, 0.15) is 36.8 Å². The number of nitrogens with one attached hydrogen (secondary N) is 2. The van der Waals surface area contributed by atoms with Crippen LogP contribution >= 0.6 is 0 Å². The van der Waals surface area contributed by atoms with Crippen molar-refractivity contribution in [2.75, 3.05) is 26.2 Å². The quantitative estimate of drug-likeness (QED) is 0.233. The minimum absolute atomic E-state index is 0.0627. The van der Waals surface area contributed by atoms with E-state index in [0.717, 1.165) is 63.0 Å². The predicted octanol–water partition coefficient (Wildman–Crippen LogP) is 3.03. The van der Waals surface area contributed by atoms with Crippen molar-refractivity contribution in [3.63, 3.8) is 0 Å². The molecule has 0 radical (unpaired) electrons. The molecule has 0 aliphatic heterocycles. The maximum atomic E-state index is 9.46. The number of hydrogen-bond acceptors (Lipinski definition) is 6. The van der Waals surface area contributed by atoms with Gasteiger partial charge in [-0.2, -0.15) is 0 Å². The van der Waals surface area contributed by atoms with Crippen LogP contribution in [0.5, 0.6) is 23.0 Å². The highest BCUT2D eigenvalue weighted by Crippen LogP contribution is 2.25. The molecule has 2 aromatic carbocycles. The molecule has 2 rings (SSSR count). The highest BCUT2D eigenvalue weighted by atomic mass is 16.3. The van der Waals surface area contributed by atoms with Gasteiger partial charge >= 0.3 is 0 Å². The van der Waals surface area contributed by atoms with Gasteiger partial charge in [0.2, 0.25) is 0 Å². The summed E-state index contributed by atoms with van der Waals surface area (Å²) in [6.45, 7) is 3.70. The van der Waals surface area contributed by atoms with Crippen LogP contribution in [-0.4, -0.2) is 46.6 Å². The van der Waals surface area contributed by atoms with E-state index < -0.39 is 0 Å². The maximum absolute atomic E-state index is 9.46. The molecule has 0 unspecified atom stereocenters. The molecule has 0 aromatic heterocycles. The van der Waals surface area contributed by atoms with Gasteiger partial charge in [-0.15, -0.1) is 0 Å². The number of phenols is 4. The topological polar surface area (TPSA) is 105 Å². The van der Waals surface area contributed by atoms with Gasteiger partial charge in [0, 0.05) is 0 Å². The number of phenolic OH excluding ortho intramolecular Hbond substituents is 4. The summed E-state index contributed by atoms with van der Waals surface area (Å²) in [6, 6.07) is 9.91. The van der Waals surface area contributed by atoms with Gasteiger partial charge < -0.3 is 31.1 Å². The summed E-state index contributed by atoms with van der Waals surface area (Å²) in [5.41, 5.74) is 2.02. The van der Waals surface area contributed by atoms with Crippen molar-refractivity contribution >= 4 is 0 Å². The lowest BCUT2D eigenvalue weighted by molar-refractivity contribution is 0.403.